The number of furan rings is 1. The topological polar surface area (TPSA) is 124 Å². The van der Waals surface area contributed by atoms with Gasteiger partial charge in [-0.3, -0.25) is 30.6 Å². The van der Waals surface area contributed by atoms with E-state index in [2.05, 4.69) is 10.9 Å². The number of nitrogens with one attached hydrogen (secondary N) is 2. The van der Waals surface area contributed by atoms with Crippen molar-refractivity contribution in [3.8, 4) is 5.75 Å². The van der Waals surface area contributed by atoms with Crippen molar-refractivity contribution in [1.82, 2.24) is 10.9 Å². The number of carbonyl (C=O) groups is 2. The molecule has 28 heavy (non-hydrogen) atoms. The zero-order valence-corrected chi connectivity index (χ0v) is 15.1. The summed E-state index contributed by atoms with van der Waals surface area (Å²) >= 11 is 0. The number of carbonyl (C=O) groups excluding carboxylic acids is 2. The number of amides is 2. The summed E-state index contributed by atoms with van der Waals surface area (Å²) in [5.74, 6) is -1.22. The Balaban J connectivity index is 1.74. The number of fused-ring (bicyclic) bond motifs is 1. The fourth-order valence-corrected chi connectivity index (χ4v) is 2.71. The predicted octanol–water partition coefficient (Wildman–Crippen LogP) is 3.12. The molecule has 9 nitrogen and oxygen atoms in total. The lowest BCUT2D eigenvalue weighted by atomic mass is 10.1. The zero-order chi connectivity index (χ0) is 20.3. The second kappa shape index (κ2) is 7.78. The van der Waals surface area contributed by atoms with E-state index in [1.807, 2.05) is 12.1 Å². The van der Waals surface area contributed by atoms with Gasteiger partial charge in [0.05, 0.1) is 11.5 Å². The number of ether oxygens (including phenoxy) is 1. The molecule has 9 heteroatoms. The minimum atomic E-state index is -0.715. The highest BCUT2D eigenvalue weighted by Gasteiger charge is 2.21. The Morgan fingerprint density at radius 3 is 2.54 bits per heavy atom. The fourth-order valence-electron chi connectivity index (χ4n) is 2.71. The number of nitro benzene ring substituents is 1. The van der Waals surface area contributed by atoms with Crippen molar-refractivity contribution in [1.29, 1.82) is 0 Å². The number of aryl methyl sites for hydroxylation is 1. The highest BCUT2D eigenvalue weighted by molar-refractivity contribution is 6.01. The lowest BCUT2D eigenvalue weighted by Gasteiger charge is -2.08. The molecule has 0 fully saturated rings. The number of hydrazine groups is 1. The summed E-state index contributed by atoms with van der Waals surface area (Å²) in [5.41, 5.74) is 5.33. The molecule has 3 aromatic rings. The Morgan fingerprint density at radius 1 is 1.14 bits per heavy atom. The number of nitrogens with zero attached hydrogens (tertiary/aromatic N) is 1. The number of nitro groups is 1. The molecule has 0 saturated carbocycles. The molecule has 2 aromatic carbocycles. The van der Waals surface area contributed by atoms with Crippen molar-refractivity contribution in [2.45, 2.75) is 13.8 Å². The van der Waals surface area contributed by atoms with Crippen LogP contribution in [0.15, 0.2) is 46.9 Å². The molecule has 0 spiro atoms. The first kappa shape index (κ1) is 18.9. The van der Waals surface area contributed by atoms with Gasteiger partial charge in [0.25, 0.3) is 5.91 Å². The third-order valence-electron chi connectivity index (χ3n) is 4.06. The third-order valence-corrected chi connectivity index (χ3v) is 4.06. The van der Waals surface area contributed by atoms with Gasteiger partial charge in [-0.15, -0.1) is 0 Å². The Labute approximate surface area is 159 Å². The summed E-state index contributed by atoms with van der Waals surface area (Å²) in [6.07, 6.45) is 0. The van der Waals surface area contributed by atoms with Gasteiger partial charge in [-0.1, -0.05) is 18.2 Å². The van der Waals surface area contributed by atoms with Gasteiger partial charge in [-0.05, 0) is 32.0 Å². The number of para-hydroxylation sites is 1. The third kappa shape index (κ3) is 3.63. The molecule has 0 atom stereocenters. The molecule has 1 aromatic heterocycles. The smallest absolute Gasteiger partial charge is 0.311 e. The summed E-state index contributed by atoms with van der Waals surface area (Å²) in [5, 5.41) is 11.9. The Bertz CT molecular complexity index is 1070. The van der Waals surface area contributed by atoms with E-state index in [1.54, 1.807) is 26.0 Å². The first-order chi connectivity index (χ1) is 13.4. The minimum absolute atomic E-state index is 0.00298. The van der Waals surface area contributed by atoms with Crippen LogP contribution in [-0.2, 0) is 0 Å². The molecule has 1 heterocycles. The average molecular weight is 383 g/mol. The van der Waals surface area contributed by atoms with E-state index < -0.39 is 16.7 Å². The van der Waals surface area contributed by atoms with Gasteiger partial charge in [0.2, 0.25) is 0 Å². The zero-order valence-electron chi connectivity index (χ0n) is 15.1. The van der Waals surface area contributed by atoms with E-state index >= 15 is 0 Å². The number of hydrogen-bond acceptors (Lipinski definition) is 6. The van der Waals surface area contributed by atoms with Gasteiger partial charge >= 0.3 is 11.6 Å². The first-order valence-electron chi connectivity index (χ1n) is 8.42. The van der Waals surface area contributed by atoms with Crippen LogP contribution < -0.4 is 15.6 Å². The molecule has 0 aliphatic heterocycles. The van der Waals surface area contributed by atoms with Crippen molar-refractivity contribution in [2.75, 3.05) is 6.61 Å². The molecule has 0 aliphatic carbocycles. The normalized spacial score (nSPS) is 10.5. The first-order valence-corrected chi connectivity index (χ1v) is 8.42. The number of hydrogen-bond donors (Lipinski definition) is 2. The van der Waals surface area contributed by atoms with Crippen molar-refractivity contribution < 1.29 is 23.7 Å². The van der Waals surface area contributed by atoms with Gasteiger partial charge in [0, 0.05) is 22.6 Å². The molecular weight excluding hydrogens is 366 g/mol. The summed E-state index contributed by atoms with van der Waals surface area (Å²) in [6, 6.07) is 11.0. The van der Waals surface area contributed by atoms with Crippen LogP contribution >= 0.6 is 0 Å². The van der Waals surface area contributed by atoms with E-state index in [9.17, 15) is 19.7 Å². The van der Waals surface area contributed by atoms with Crippen LogP contribution in [0.2, 0.25) is 0 Å². The average Bonchev–Trinajstić information content (AvgIpc) is 3.03. The molecule has 0 bridgehead atoms. The van der Waals surface area contributed by atoms with E-state index in [4.69, 9.17) is 9.15 Å². The number of benzene rings is 2. The Morgan fingerprint density at radius 2 is 1.86 bits per heavy atom. The van der Waals surface area contributed by atoms with Crippen molar-refractivity contribution in [3.63, 3.8) is 0 Å². The second-order valence-corrected chi connectivity index (χ2v) is 5.83. The molecular formula is C19H17N3O6. The quantitative estimate of drug-likeness (QED) is 0.515. The maximum atomic E-state index is 12.3. The maximum absolute atomic E-state index is 12.3. The molecule has 0 radical (unpaired) electrons. The van der Waals surface area contributed by atoms with E-state index in [1.165, 1.54) is 12.1 Å². The van der Waals surface area contributed by atoms with Crippen LogP contribution in [0.4, 0.5) is 5.69 Å². The van der Waals surface area contributed by atoms with Crippen molar-refractivity contribution >= 4 is 28.5 Å². The van der Waals surface area contributed by atoms with Crippen LogP contribution in [0.5, 0.6) is 5.75 Å². The Kier molecular flexibility index (Phi) is 5.25. The molecule has 2 N–H and O–H groups in total. The lowest BCUT2D eigenvalue weighted by molar-refractivity contribution is -0.385. The standard InChI is InChI=1S/C19H17N3O6/c1-3-27-16-9-8-12(10-14(16)22(25)26)18(23)20-21-19(24)17-11(2)13-6-4-5-7-15(13)28-17/h4-10H,3H2,1-2H3,(H,20,23)(H,21,24). The fraction of sp³-hybridized carbons (Fsp3) is 0.158. The largest absolute Gasteiger partial charge is 0.487 e. The molecule has 2 amide bonds. The number of rotatable bonds is 5. The summed E-state index contributed by atoms with van der Waals surface area (Å²) in [4.78, 5) is 35.1. The van der Waals surface area contributed by atoms with Crippen molar-refractivity contribution in [3.05, 3.63) is 69.5 Å². The van der Waals surface area contributed by atoms with E-state index in [-0.39, 0.29) is 29.4 Å². The molecule has 3 rings (SSSR count). The highest BCUT2D eigenvalue weighted by Crippen LogP contribution is 2.28. The van der Waals surface area contributed by atoms with Gasteiger partial charge in [0.1, 0.15) is 5.58 Å². The lowest BCUT2D eigenvalue weighted by Crippen LogP contribution is -2.41. The Hall–Kier alpha value is -3.88. The van der Waals surface area contributed by atoms with Crippen LogP contribution in [0.3, 0.4) is 0 Å². The summed E-state index contributed by atoms with van der Waals surface area (Å²) in [6.45, 7) is 3.68. The monoisotopic (exact) mass is 383 g/mol. The van der Waals surface area contributed by atoms with E-state index in [0.717, 1.165) is 11.5 Å². The SMILES string of the molecule is CCOc1ccc(C(=O)NNC(=O)c2oc3ccccc3c2C)cc1[N+](=O)[O-]. The van der Waals surface area contributed by atoms with Gasteiger partial charge < -0.3 is 9.15 Å². The molecule has 0 aliphatic rings. The highest BCUT2D eigenvalue weighted by atomic mass is 16.6. The minimum Gasteiger partial charge on any atom is -0.487 e. The van der Waals surface area contributed by atoms with Gasteiger partial charge in [-0.2, -0.15) is 0 Å². The van der Waals surface area contributed by atoms with Crippen LogP contribution in [0.1, 0.15) is 33.4 Å². The van der Waals surface area contributed by atoms with Crippen LogP contribution in [0, 0.1) is 17.0 Å². The van der Waals surface area contributed by atoms with Crippen LogP contribution in [0.25, 0.3) is 11.0 Å². The van der Waals surface area contributed by atoms with E-state index in [0.29, 0.717) is 11.1 Å². The van der Waals surface area contributed by atoms with Gasteiger partial charge in [-0.25, -0.2) is 0 Å². The summed E-state index contributed by atoms with van der Waals surface area (Å²) < 4.78 is 10.7. The molecule has 144 valence electrons. The molecule has 0 saturated heterocycles. The molecule has 0 unspecified atom stereocenters. The maximum Gasteiger partial charge on any atom is 0.311 e. The summed E-state index contributed by atoms with van der Waals surface area (Å²) in [7, 11) is 0. The van der Waals surface area contributed by atoms with Crippen molar-refractivity contribution in [2.24, 2.45) is 0 Å². The van der Waals surface area contributed by atoms with Gasteiger partial charge in [0.15, 0.2) is 11.5 Å². The second-order valence-electron chi connectivity index (χ2n) is 5.83. The predicted molar refractivity (Wildman–Crippen MR) is 100 cm³/mol. The van der Waals surface area contributed by atoms with Crippen LogP contribution in [-0.4, -0.2) is 23.3 Å².